The Hall–Kier alpha value is -1.12. The minimum atomic E-state index is 0.914. The van der Waals surface area contributed by atoms with Crippen molar-refractivity contribution in [2.75, 3.05) is 18.0 Å². The van der Waals surface area contributed by atoms with E-state index >= 15 is 0 Å². The van der Waals surface area contributed by atoms with Crippen molar-refractivity contribution < 1.29 is 0 Å². The van der Waals surface area contributed by atoms with Crippen LogP contribution in [0, 0.1) is 0 Å². The van der Waals surface area contributed by atoms with Gasteiger partial charge in [-0.3, -0.25) is 0 Å². The monoisotopic (exact) mass is 177 g/mol. The van der Waals surface area contributed by atoms with Crippen molar-refractivity contribution in [3.8, 4) is 0 Å². The Kier molecular flexibility index (Phi) is 2.43. The van der Waals surface area contributed by atoms with Crippen LogP contribution < -0.4 is 4.90 Å². The maximum Gasteiger partial charge on any atom is 0.225 e. The van der Waals surface area contributed by atoms with Crippen LogP contribution in [0.2, 0.25) is 0 Å². The van der Waals surface area contributed by atoms with Crippen LogP contribution in [-0.4, -0.2) is 23.1 Å². The van der Waals surface area contributed by atoms with E-state index in [-0.39, 0.29) is 0 Å². The van der Waals surface area contributed by atoms with Gasteiger partial charge in [-0.25, -0.2) is 9.97 Å². The van der Waals surface area contributed by atoms with Gasteiger partial charge in [0.1, 0.15) is 0 Å². The molecule has 2 heterocycles. The van der Waals surface area contributed by atoms with Gasteiger partial charge in [-0.05, 0) is 25.3 Å². The lowest BCUT2D eigenvalue weighted by Gasteiger charge is -2.14. The summed E-state index contributed by atoms with van der Waals surface area (Å²) in [5, 5.41) is 0. The van der Waals surface area contributed by atoms with Crippen LogP contribution in [0.15, 0.2) is 12.3 Å². The van der Waals surface area contributed by atoms with E-state index in [1.54, 1.807) is 0 Å². The number of hydrogen-bond acceptors (Lipinski definition) is 3. The number of nitrogens with zero attached hydrogens (tertiary/aromatic N) is 3. The molecule has 0 bridgehead atoms. The predicted octanol–water partition coefficient (Wildman–Crippen LogP) is 1.64. The molecule has 1 saturated heterocycles. The van der Waals surface area contributed by atoms with Gasteiger partial charge in [-0.2, -0.15) is 0 Å². The van der Waals surface area contributed by atoms with Gasteiger partial charge in [-0.1, -0.05) is 6.92 Å². The smallest absolute Gasteiger partial charge is 0.225 e. The van der Waals surface area contributed by atoms with Gasteiger partial charge in [0.15, 0.2) is 0 Å². The summed E-state index contributed by atoms with van der Waals surface area (Å²) in [4.78, 5) is 11.0. The Labute approximate surface area is 78.8 Å². The lowest BCUT2D eigenvalue weighted by Crippen LogP contribution is -2.20. The normalized spacial score (nSPS) is 16.5. The first-order valence-corrected chi connectivity index (χ1v) is 4.97. The summed E-state index contributed by atoms with van der Waals surface area (Å²) < 4.78 is 0. The molecule has 1 aliphatic heterocycles. The first-order chi connectivity index (χ1) is 6.40. The number of aromatic nitrogens is 2. The summed E-state index contributed by atoms with van der Waals surface area (Å²) >= 11 is 0. The van der Waals surface area contributed by atoms with E-state index in [2.05, 4.69) is 21.8 Å². The minimum absolute atomic E-state index is 0.914. The highest BCUT2D eigenvalue weighted by atomic mass is 15.3. The molecule has 0 aliphatic carbocycles. The molecule has 0 spiro atoms. The zero-order valence-corrected chi connectivity index (χ0v) is 8.03. The van der Waals surface area contributed by atoms with Crippen LogP contribution in [0.4, 0.5) is 5.95 Å². The third kappa shape index (κ3) is 1.79. The molecule has 0 N–H and O–H groups in total. The first kappa shape index (κ1) is 8.48. The predicted molar refractivity (Wildman–Crippen MR) is 52.9 cm³/mol. The fraction of sp³-hybridized carbons (Fsp3) is 0.600. The van der Waals surface area contributed by atoms with Crippen molar-refractivity contribution in [2.45, 2.75) is 26.2 Å². The highest BCUT2D eigenvalue weighted by Gasteiger charge is 2.14. The molecule has 1 aromatic heterocycles. The highest BCUT2D eigenvalue weighted by molar-refractivity contribution is 5.31. The van der Waals surface area contributed by atoms with Crippen molar-refractivity contribution in [3.05, 3.63) is 18.0 Å². The zero-order valence-electron chi connectivity index (χ0n) is 8.03. The maximum absolute atomic E-state index is 4.49. The number of anilines is 1. The first-order valence-electron chi connectivity index (χ1n) is 4.97. The minimum Gasteiger partial charge on any atom is -0.341 e. The number of rotatable bonds is 2. The largest absolute Gasteiger partial charge is 0.341 e. The molecular weight excluding hydrogens is 162 g/mol. The quantitative estimate of drug-likeness (QED) is 0.687. The van der Waals surface area contributed by atoms with Gasteiger partial charge in [0, 0.05) is 25.0 Å². The van der Waals surface area contributed by atoms with E-state index in [1.165, 1.54) is 12.8 Å². The Balaban J connectivity index is 2.18. The summed E-state index contributed by atoms with van der Waals surface area (Å²) in [6.45, 7) is 4.36. The summed E-state index contributed by atoms with van der Waals surface area (Å²) in [6, 6.07) is 1.99. The second-order valence-electron chi connectivity index (χ2n) is 3.40. The second kappa shape index (κ2) is 3.73. The van der Waals surface area contributed by atoms with Gasteiger partial charge in [-0.15, -0.1) is 0 Å². The molecule has 0 radical (unpaired) electrons. The molecule has 3 heteroatoms. The van der Waals surface area contributed by atoms with Crippen molar-refractivity contribution in [2.24, 2.45) is 0 Å². The average Bonchev–Trinajstić information content (AvgIpc) is 2.71. The summed E-state index contributed by atoms with van der Waals surface area (Å²) in [5.41, 5.74) is 1.14. The Morgan fingerprint density at radius 3 is 2.85 bits per heavy atom. The van der Waals surface area contributed by atoms with E-state index < -0.39 is 0 Å². The van der Waals surface area contributed by atoms with Crippen LogP contribution >= 0.6 is 0 Å². The van der Waals surface area contributed by atoms with E-state index in [0.29, 0.717) is 0 Å². The lowest BCUT2D eigenvalue weighted by atomic mass is 10.3. The van der Waals surface area contributed by atoms with Crippen LogP contribution in [0.5, 0.6) is 0 Å². The molecular formula is C10H15N3. The van der Waals surface area contributed by atoms with E-state index in [4.69, 9.17) is 0 Å². The fourth-order valence-corrected chi connectivity index (χ4v) is 1.65. The van der Waals surface area contributed by atoms with Crippen LogP contribution in [0.3, 0.4) is 0 Å². The van der Waals surface area contributed by atoms with Crippen LogP contribution in [0.25, 0.3) is 0 Å². The van der Waals surface area contributed by atoms with E-state index in [1.807, 2.05) is 12.3 Å². The third-order valence-corrected chi connectivity index (χ3v) is 2.45. The van der Waals surface area contributed by atoms with Gasteiger partial charge < -0.3 is 4.90 Å². The molecule has 1 aliphatic rings. The standard InChI is InChI=1S/C10H15N3/c1-2-9-5-6-11-10(12-9)13-7-3-4-8-13/h5-6H,2-4,7-8H2,1H3. The highest BCUT2D eigenvalue weighted by Crippen LogP contribution is 2.15. The van der Waals surface area contributed by atoms with Crippen molar-refractivity contribution in [3.63, 3.8) is 0 Å². The molecule has 0 unspecified atom stereocenters. The topological polar surface area (TPSA) is 29.0 Å². The fourth-order valence-electron chi connectivity index (χ4n) is 1.65. The van der Waals surface area contributed by atoms with Crippen molar-refractivity contribution in [1.82, 2.24) is 9.97 Å². The summed E-state index contributed by atoms with van der Waals surface area (Å²) in [6.07, 6.45) is 5.41. The number of hydrogen-bond donors (Lipinski definition) is 0. The molecule has 0 amide bonds. The van der Waals surface area contributed by atoms with Gasteiger partial charge >= 0.3 is 0 Å². The summed E-state index contributed by atoms with van der Waals surface area (Å²) in [7, 11) is 0. The number of aryl methyl sites for hydroxylation is 1. The maximum atomic E-state index is 4.49. The molecule has 1 fully saturated rings. The molecule has 70 valence electrons. The Morgan fingerprint density at radius 2 is 2.15 bits per heavy atom. The Bertz CT molecular complexity index is 279. The molecule has 3 nitrogen and oxygen atoms in total. The average molecular weight is 177 g/mol. The van der Waals surface area contributed by atoms with Crippen molar-refractivity contribution >= 4 is 5.95 Å². The van der Waals surface area contributed by atoms with Gasteiger partial charge in [0.2, 0.25) is 5.95 Å². The SMILES string of the molecule is CCc1ccnc(N2CCCC2)n1. The molecule has 2 rings (SSSR count). The summed E-state index contributed by atoms with van der Waals surface area (Å²) in [5.74, 6) is 0.914. The molecule has 1 aromatic rings. The molecule has 0 atom stereocenters. The van der Waals surface area contributed by atoms with E-state index in [0.717, 1.165) is 31.2 Å². The van der Waals surface area contributed by atoms with E-state index in [9.17, 15) is 0 Å². The lowest BCUT2D eigenvalue weighted by molar-refractivity contribution is 0.874. The van der Waals surface area contributed by atoms with Crippen LogP contribution in [0.1, 0.15) is 25.5 Å². The van der Waals surface area contributed by atoms with Gasteiger partial charge in [0.25, 0.3) is 0 Å². The third-order valence-electron chi connectivity index (χ3n) is 2.45. The Morgan fingerprint density at radius 1 is 1.38 bits per heavy atom. The second-order valence-corrected chi connectivity index (χ2v) is 3.40. The molecule has 0 aromatic carbocycles. The molecule has 0 saturated carbocycles. The van der Waals surface area contributed by atoms with Crippen LogP contribution in [-0.2, 0) is 6.42 Å². The van der Waals surface area contributed by atoms with Gasteiger partial charge in [0.05, 0.1) is 0 Å². The van der Waals surface area contributed by atoms with Crippen molar-refractivity contribution in [1.29, 1.82) is 0 Å². The molecule has 13 heavy (non-hydrogen) atoms. The zero-order chi connectivity index (χ0) is 9.10.